The Bertz CT molecular complexity index is 1230. The van der Waals surface area contributed by atoms with Gasteiger partial charge in [-0.2, -0.15) is 0 Å². The first-order valence-electron chi connectivity index (χ1n) is 10.2. The largest absolute Gasteiger partial charge is 0.497 e. The number of thioether (sulfide) groups is 1. The number of esters is 1. The number of carbonyl (C=O) groups excluding carboxylic acids is 3. The van der Waals surface area contributed by atoms with Gasteiger partial charge in [-0.15, -0.1) is 11.8 Å². The Balaban J connectivity index is 1.52. The molecule has 2 amide bonds. The number of anilines is 2. The molecule has 3 rings (SSSR count). The lowest BCUT2D eigenvalue weighted by atomic mass is 10.2. The number of hydrogen-bond acceptors (Lipinski definition) is 8. The average molecular weight is 496 g/mol. The lowest BCUT2D eigenvalue weighted by Gasteiger charge is -2.10. The number of carbonyl (C=O) groups is 3. The van der Waals surface area contributed by atoms with Crippen molar-refractivity contribution in [3.8, 4) is 5.75 Å². The van der Waals surface area contributed by atoms with Crippen LogP contribution in [0.25, 0.3) is 0 Å². The number of non-ortho nitro benzene ring substituents is 1. The first-order chi connectivity index (χ1) is 16.9. The molecule has 3 aromatic rings. The number of nitro benzene ring substituents is 1. The van der Waals surface area contributed by atoms with Crippen molar-refractivity contribution in [2.75, 3.05) is 30.1 Å². The number of nitrogens with zero attached hydrogens (tertiary/aromatic N) is 1. The summed E-state index contributed by atoms with van der Waals surface area (Å²) < 4.78 is 10.2. The molecule has 0 aliphatic carbocycles. The van der Waals surface area contributed by atoms with Gasteiger partial charge in [0.2, 0.25) is 5.91 Å². The minimum Gasteiger partial charge on any atom is -0.497 e. The van der Waals surface area contributed by atoms with Gasteiger partial charge in [0.15, 0.2) is 6.61 Å². The molecular weight excluding hydrogens is 474 g/mol. The molecule has 0 fully saturated rings. The third-order valence-electron chi connectivity index (χ3n) is 4.52. The van der Waals surface area contributed by atoms with Crippen LogP contribution >= 0.6 is 11.8 Å². The zero-order chi connectivity index (χ0) is 25.2. The van der Waals surface area contributed by atoms with Crippen LogP contribution in [0.15, 0.2) is 77.7 Å². The van der Waals surface area contributed by atoms with E-state index in [1.807, 2.05) is 0 Å². The number of ether oxygens (including phenoxy) is 2. The Hall–Kier alpha value is -4.38. The molecule has 3 aromatic carbocycles. The van der Waals surface area contributed by atoms with Crippen LogP contribution < -0.4 is 15.4 Å². The van der Waals surface area contributed by atoms with Crippen molar-refractivity contribution in [2.45, 2.75) is 4.90 Å². The fraction of sp³-hybridized carbons (Fsp3) is 0.125. The number of nitrogens with one attached hydrogen (secondary N) is 2. The van der Waals surface area contributed by atoms with E-state index in [4.69, 9.17) is 9.47 Å². The first-order valence-corrected chi connectivity index (χ1v) is 11.2. The fourth-order valence-electron chi connectivity index (χ4n) is 2.87. The van der Waals surface area contributed by atoms with Gasteiger partial charge < -0.3 is 20.1 Å². The molecule has 10 nitrogen and oxygen atoms in total. The van der Waals surface area contributed by atoms with Crippen molar-refractivity contribution >= 4 is 46.6 Å². The number of rotatable bonds is 10. The van der Waals surface area contributed by atoms with E-state index in [2.05, 4.69) is 10.6 Å². The molecule has 2 N–H and O–H groups in total. The Morgan fingerprint density at radius 2 is 1.63 bits per heavy atom. The summed E-state index contributed by atoms with van der Waals surface area (Å²) in [5.74, 6) is -0.937. The summed E-state index contributed by atoms with van der Waals surface area (Å²) in [4.78, 5) is 47.6. The molecule has 0 spiro atoms. The molecule has 180 valence electrons. The van der Waals surface area contributed by atoms with Gasteiger partial charge in [0.1, 0.15) is 5.75 Å². The third kappa shape index (κ3) is 7.57. The zero-order valence-electron chi connectivity index (χ0n) is 18.6. The molecule has 35 heavy (non-hydrogen) atoms. The van der Waals surface area contributed by atoms with E-state index in [-0.39, 0.29) is 22.9 Å². The molecule has 0 atom stereocenters. The summed E-state index contributed by atoms with van der Waals surface area (Å²) in [5.41, 5.74) is 1.02. The maximum Gasteiger partial charge on any atom is 0.339 e. The molecule has 0 heterocycles. The predicted octanol–water partition coefficient (Wildman–Crippen LogP) is 4.13. The zero-order valence-corrected chi connectivity index (χ0v) is 19.4. The maximum absolute atomic E-state index is 12.5. The number of hydrogen-bond donors (Lipinski definition) is 2. The smallest absolute Gasteiger partial charge is 0.339 e. The Labute approximate surface area is 204 Å². The van der Waals surface area contributed by atoms with Crippen molar-refractivity contribution in [3.05, 3.63) is 88.5 Å². The Morgan fingerprint density at radius 3 is 2.34 bits per heavy atom. The Kier molecular flexibility index (Phi) is 8.79. The molecule has 0 saturated heterocycles. The number of nitro groups is 1. The topological polar surface area (TPSA) is 137 Å². The standard InChI is InChI=1S/C24H21N3O7S/c1-33-19-6-4-5-17(13-19)26-23(29)15-35-21-8-3-2-7-20(21)24(30)34-14-22(28)25-16-9-11-18(12-10-16)27(31)32/h2-13H,14-15H2,1H3,(H,25,28)(H,26,29). The predicted molar refractivity (Wildman–Crippen MR) is 131 cm³/mol. The van der Waals surface area contributed by atoms with Gasteiger partial charge in [-0.25, -0.2) is 4.79 Å². The minimum atomic E-state index is -0.722. The normalized spacial score (nSPS) is 10.2. The van der Waals surface area contributed by atoms with Crippen LogP contribution in [-0.2, 0) is 14.3 Å². The van der Waals surface area contributed by atoms with E-state index < -0.39 is 23.4 Å². The van der Waals surface area contributed by atoms with Crippen molar-refractivity contribution < 1.29 is 28.8 Å². The monoisotopic (exact) mass is 495 g/mol. The highest BCUT2D eigenvalue weighted by Gasteiger charge is 2.16. The highest BCUT2D eigenvalue weighted by atomic mass is 32.2. The van der Waals surface area contributed by atoms with E-state index >= 15 is 0 Å². The van der Waals surface area contributed by atoms with Crippen molar-refractivity contribution in [1.29, 1.82) is 0 Å². The summed E-state index contributed by atoms with van der Waals surface area (Å²) in [6.07, 6.45) is 0. The van der Waals surface area contributed by atoms with Crippen molar-refractivity contribution in [3.63, 3.8) is 0 Å². The van der Waals surface area contributed by atoms with E-state index in [1.54, 1.807) is 48.5 Å². The van der Waals surface area contributed by atoms with Gasteiger partial charge in [0.05, 0.1) is 23.3 Å². The van der Waals surface area contributed by atoms with Gasteiger partial charge in [0.25, 0.3) is 11.6 Å². The van der Waals surface area contributed by atoms with E-state index in [9.17, 15) is 24.5 Å². The molecule has 0 radical (unpaired) electrons. The fourth-order valence-corrected chi connectivity index (χ4v) is 3.72. The summed E-state index contributed by atoms with van der Waals surface area (Å²) in [6, 6.07) is 18.8. The quantitative estimate of drug-likeness (QED) is 0.185. The average Bonchev–Trinajstić information content (AvgIpc) is 2.86. The Morgan fingerprint density at radius 1 is 0.914 bits per heavy atom. The van der Waals surface area contributed by atoms with Crippen LogP contribution in [-0.4, -0.2) is 42.2 Å². The highest BCUT2D eigenvalue weighted by molar-refractivity contribution is 8.00. The van der Waals surface area contributed by atoms with Crippen molar-refractivity contribution in [2.24, 2.45) is 0 Å². The lowest BCUT2D eigenvalue weighted by Crippen LogP contribution is -2.21. The summed E-state index contributed by atoms with van der Waals surface area (Å²) >= 11 is 1.15. The number of methoxy groups -OCH3 is 1. The van der Waals surface area contributed by atoms with Gasteiger partial charge in [-0.05, 0) is 36.4 Å². The highest BCUT2D eigenvalue weighted by Crippen LogP contribution is 2.24. The SMILES string of the molecule is COc1cccc(NC(=O)CSc2ccccc2C(=O)OCC(=O)Nc2ccc([N+](=O)[O-])cc2)c1. The molecule has 0 aromatic heterocycles. The van der Waals surface area contributed by atoms with Gasteiger partial charge >= 0.3 is 5.97 Å². The summed E-state index contributed by atoms with van der Waals surface area (Å²) in [5, 5.41) is 16.0. The summed E-state index contributed by atoms with van der Waals surface area (Å²) in [7, 11) is 1.53. The second-order valence-corrected chi connectivity index (χ2v) is 8.01. The molecular formula is C24H21N3O7S. The van der Waals surface area contributed by atoms with Crippen molar-refractivity contribution in [1.82, 2.24) is 0 Å². The number of benzene rings is 3. The number of amides is 2. The van der Waals surface area contributed by atoms with Crippen LogP contribution in [0.1, 0.15) is 10.4 Å². The minimum absolute atomic E-state index is 0.0438. The van der Waals surface area contributed by atoms with Crippen LogP contribution in [0.4, 0.5) is 17.1 Å². The van der Waals surface area contributed by atoms with Gasteiger partial charge in [-0.1, -0.05) is 18.2 Å². The summed E-state index contributed by atoms with van der Waals surface area (Å²) in [6.45, 7) is -0.550. The third-order valence-corrected chi connectivity index (χ3v) is 5.59. The molecule has 11 heteroatoms. The molecule has 0 aliphatic rings. The first kappa shape index (κ1) is 25.2. The van der Waals surface area contributed by atoms with Crippen LogP contribution in [0, 0.1) is 10.1 Å². The van der Waals surface area contributed by atoms with Gasteiger partial charge in [0, 0.05) is 34.5 Å². The second-order valence-electron chi connectivity index (χ2n) is 6.99. The van der Waals surface area contributed by atoms with Crippen LogP contribution in [0.5, 0.6) is 5.75 Å². The molecule has 0 unspecified atom stereocenters. The van der Waals surface area contributed by atoms with Crippen LogP contribution in [0.2, 0.25) is 0 Å². The molecule has 0 saturated carbocycles. The van der Waals surface area contributed by atoms with Gasteiger partial charge in [-0.3, -0.25) is 19.7 Å². The van der Waals surface area contributed by atoms with E-state index in [1.165, 1.54) is 31.4 Å². The van der Waals surface area contributed by atoms with E-state index in [0.717, 1.165) is 11.8 Å². The maximum atomic E-state index is 12.5. The molecule has 0 bridgehead atoms. The van der Waals surface area contributed by atoms with E-state index in [0.29, 0.717) is 22.0 Å². The van der Waals surface area contributed by atoms with Crippen LogP contribution in [0.3, 0.4) is 0 Å². The lowest BCUT2D eigenvalue weighted by molar-refractivity contribution is -0.384. The molecule has 0 aliphatic heterocycles. The second kappa shape index (κ2) is 12.2.